The van der Waals surface area contributed by atoms with Crippen molar-refractivity contribution in [2.24, 2.45) is 0 Å². The summed E-state index contributed by atoms with van der Waals surface area (Å²) in [5, 5.41) is 3.46. The van der Waals surface area contributed by atoms with Gasteiger partial charge < -0.3 is 9.73 Å². The van der Waals surface area contributed by atoms with E-state index in [1.54, 1.807) is 18.0 Å². The highest BCUT2D eigenvalue weighted by molar-refractivity contribution is 9.10. The molecule has 2 aromatic rings. The summed E-state index contributed by atoms with van der Waals surface area (Å²) in [7, 11) is 0. The van der Waals surface area contributed by atoms with Crippen LogP contribution in [0, 0.1) is 6.92 Å². The van der Waals surface area contributed by atoms with Crippen molar-refractivity contribution in [2.45, 2.75) is 36.6 Å². The fourth-order valence-electron chi connectivity index (χ4n) is 1.97. The van der Waals surface area contributed by atoms with Gasteiger partial charge in [0, 0.05) is 15.4 Å². The van der Waals surface area contributed by atoms with Gasteiger partial charge in [-0.15, -0.1) is 0 Å². The van der Waals surface area contributed by atoms with Gasteiger partial charge in [-0.3, -0.25) is 0 Å². The second kappa shape index (κ2) is 6.64. The van der Waals surface area contributed by atoms with Crippen LogP contribution in [-0.2, 0) is 0 Å². The lowest BCUT2D eigenvalue weighted by Gasteiger charge is -2.17. The van der Waals surface area contributed by atoms with Crippen LogP contribution in [0.5, 0.6) is 0 Å². The number of furan rings is 1. The van der Waals surface area contributed by atoms with Crippen molar-refractivity contribution in [1.29, 1.82) is 0 Å². The Bertz CT molecular complexity index is 553. The molecule has 1 heterocycles. The van der Waals surface area contributed by atoms with Crippen molar-refractivity contribution < 1.29 is 4.42 Å². The first kappa shape index (κ1) is 14.7. The van der Waals surface area contributed by atoms with Crippen molar-refractivity contribution in [3.05, 3.63) is 46.3 Å². The molecule has 0 radical (unpaired) electrons. The summed E-state index contributed by atoms with van der Waals surface area (Å²) in [5.74, 6) is 0.965. The van der Waals surface area contributed by atoms with E-state index in [0.717, 1.165) is 16.8 Å². The molecular weight excluding hydrogens is 322 g/mol. The Labute approximate surface area is 127 Å². The molecule has 19 heavy (non-hydrogen) atoms. The van der Waals surface area contributed by atoms with Gasteiger partial charge in [0.05, 0.1) is 11.2 Å². The normalized spacial score (nSPS) is 12.6. The first-order chi connectivity index (χ1) is 9.11. The first-order valence-corrected chi connectivity index (χ1v) is 7.97. The van der Waals surface area contributed by atoms with Crippen molar-refractivity contribution in [1.82, 2.24) is 5.32 Å². The lowest BCUT2D eigenvalue weighted by atomic mass is 10.1. The van der Waals surface area contributed by atoms with Gasteiger partial charge in [-0.25, -0.2) is 0 Å². The first-order valence-electron chi connectivity index (χ1n) is 6.36. The molecule has 0 fully saturated rings. The molecule has 0 spiro atoms. The van der Waals surface area contributed by atoms with Crippen LogP contribution in [0.3, 0.4) is 0 Å². The Morgan fingerprint density at radius 3 is 2.74 bits per heavy atom. The molecule has 0 amide bonds. The highest BCUT2D eigenvalue weighted by atomic mass is 79.9. The van der Waals surface area contributed by atoms with Gasteiger partial charge in [-0.2, -0.15) is 0 Å². The molecule has 0 aliphatic rings. The minimum Gasteiger partial charge on any atom is -0.468 e. The van der Waals surface area contributed by atoms with E-state index < -0.39 is 0 Å². The van der Waals surface area contributed by atoms with Crippen LogP contribution in [0.15, 0.2) is 49.2 Å². The number of aryl methyl sites for hydroxylation is 1. The summed E-state index contributed by atoms with van der Waals surface area (Å²) in [6, 6.07) is 8.79. The van der Waals surface area contributed by atoms with Gasteiger partial charge in [0.1, 0.15) is 5.76 Å². The average molecular weight is 340 g/mol. The molecule has 2 nitrogen and oxygen atoms in total. The molecule has 1 aromatic heterocycles. The van der Waals surface area contributed by atoms with Gasteiger partial charge in [0.15, 0.2) is 0 Å². The zero-order valence-corrected chi connectivity index (χ0v) is 13.8. The van der Waals surface area contributed by atoms with E-state index in [9.17, 15) is 0 Å². The predicted octanol–water partition coefficient (Wildman–Crippen LogP) is 5.17. The van der Waals surface area contributed by atoms with E-state index in [1.165, 1.54) is 15.4 Å². The van der Waals surface area contributed by atoms with Crippen LogP contribution in [0.2, 0.25) is 0 Å². The maximum atomic E-state index is 5.37. The van der Waals surface area contributed by atoms with Crippen LogP contribution in [0.1, 0.15) is 31.2 Å². The van der Waals surface area contributed by atoms with Crippen molar-refractivity contribution >= 4 is 27.7 Å². The molecule has 0 aliphatic heterocycles. The number of benzene rings is 1. The van der Waals surface area contributed by atoms with Crippen LogP contribution >= 0.6 is 27.7 Å². The summed E-state index contributed by atoms with van der Waals surface area (Å²) in [4.78, 5) is 2.43. The molecule has 0 saturated heterocycles. The fourth-order valence-corrected chi connectivity index (χ4v) is 3.58. The van der Waals surface area contributed by atoms with E-state index >= 15 is 0 Å². The molecule has 2 rings (SSSR count). The summed E-state index contributed by atoms with van der Waals surface area (Å²) in [5.41, 5.74) is 1.32. The minimum absolute atomic E-state index is 0.341. The number of hydrogen-bond donors (Lipinski definition) is 1. The second-order valence-electron chi connectivity index (χ2n) is 4.40. The summed E-state index contributed by atoms with van der Waals surface area (Å²) < 4.78 is 6.47. The number of hydrogen-bond acceptors (Lipinski definition) is 3. The molecule has 102 valence electrons. The maximum absolute atomic E-state index is 5.37. The van der Waals surface area contributed by atoms with E-state index in [1.807, 2.05) is 13.0 Å². The molecule has 0 saturated carbocycles. The van der Waals surface area contributed by atoms with Crippen molar-refractivity contribution in [3.63, 3.8) is 0 Å². The van der Waals surface area contributed by atoms with E-state index in [-0.39, 0.29) is 0 Å². The van der Waals surface area contributed by atoms with Gasteiger partial charge in [0.25, 0.3) is 0 Å². The highest BCUT2D eigenvalue weighted by Crippen LogP contribution is 2.37. The van der Waals surface area contributed by atoms with E-state index in [4.69, 9.17) is 4.42 Å². The smallest absolute Gasteiger partial charge is 0.114 e. The SMILES string of the molecule is CCNC(C)c1ccc(Br)cc1Sc1ccoc1C. The molecular formula is C15H18BrNOS. The van der Waals surface area contributed by atoms with Crippen LogP contribution < -0.4 is 5.32 Å². The molecule has 1 atom stereocenters. The maximum Gasteiger partial charge on any atom is 0.114 e. The number of rotatable bonds is 5. The zero-order chi connectivity index (χ0) is 13.8. The summed E-state index contributed by atoms with van der Waals surface area (Å²) >= 11 is 5.30. The summed E-state index contributed by atoms with van der Waals surface area (Å²) in [6.07, 6.45) is 1.74. The molecule has 1 N–H and O–H groups in total. The molecule has 1 aromatic carbocycles. The molecule has 4 heteroatoms. The molecule has 1 unspecified atom stereocenters. The predicted molar refractivity (Wildman–Crippen MR) is 83.8 cm³/mol. The topological polar surface area (TPSA) is 25.2 Å². The monoisotopic (exact) mass is 339 g/mol. The quantitative estimate of drug-likeness (QED) is 0.813. The third-order valence-electron chi connectivity index (χ3n) is 2.98. The van der Waals surface area contributed by atoms with Gasteiger partial charge in [-0.1, -0.05) is 40.7 Å². The number of halogens is 1. The van der Waals surface area contributed by atoms with E-state index in [2.05, 4.69) is 53.3 Å². The zero-order valence-electron chi connectivity index (χ0n) is 11.4. The third-order valence-corrected chi connectivity index (χ3v) is 4.69. The van der Waals surface area contributed by atoms with Crippen LogP contribution in [0.25, 0.3) is 0 Å². The van der Waals surface area contributed by atoms with Crippen molar-refractivity contribution in [3.8, 4) is 0 Å². The Kier molecular flexibility index (Phi) is 5.13. The second-order valence-corrected chi connectivity index (χ2v) is 6.40. The standard InChI is InChI=1S/C15H18BrNOS/c1-4-17-10(2)13-6-5-12(16)9-15(13)19-14-7-8-18-11(14)3/h5-10,17H,4H2,1-3H3. The van der Waals surface area contributed by atoms with Crippen LogP contribution in [0.4, 0.5) is 0 Å². The van der Waals surface area contributed by atoms with Gasteiger partial charge >= 0.3 is 0 Å². The summed E-state index contributed by atoms with van der Waals surface area (Å²) in [6.45, 7) is 7.28. The van der Waals surface area contributed by atoms with Crippen molar-refractivity contribution in [2.75, 3.05) is 6.54 Å². The Hall–Kier alpha value is -0.710. The largest absolute Gasteiger partial charge is 0.468 e. The lowest BCUT2D eigenvalue weighted by Crippen LogP contribution is -2.18. The van der Waals surface area contributed by atoms with E-state index in [0.29, 0.717) is 6.04 Å². The lowest BCUT2D eigenvalue weighted by molar-refractivity contribution is 0.527. The van der Waals surface area contributed by atoms with Gasteiger partial charge in [-0.05, 0) is 44.2 Å². The van der Waals surface area contributed by atoms with Crippen LogP contribution in [-0.4, -0.2) is 6.54 Å². The highest BCUT2D eigenvalue weighted by Gasteiger charge is 2.13. The van der Waals surface area contributed by atoms with Gasteiger partial charge in [0.2, 0.25) is 0 Å². The minimum atomic E-state index is 0.341. The Balaban J connectivity index is 2.32. The third kappa shape index (κ3) is 3.65. The average Bonchev–Trinajstić information content (AvgIpc) is 2.75. The number of nitrogens with one attached hydrogen (secondary N) is 1. The molecule has 0 bridgehead atoms. The molecule has 0 aliphatic carbocycles. The fraction of sp³-hybridized carbons (Fsp3) is 0.333. The Morgan fingerprint density at radius 1 is 1.32 bits per heavy atom. The Morgan fingerprint density at radius 2 is 2.11 bits per heavy atom.